The van der Waals surface area contributed by atoms with Crippen LogP contribution < -0.4 is 14.8 Å². The van der Waals surface area contributed by atoms with E-state index in [1.165, 1.54) is 0 Å². The molecule has 0 fully saturated rings. The van der Waals surface area contributed by atoms with E-state index in [-0.39, 0.29) is 25.0 Å². The maximum Gasteiger partial charge on any atom is 0.261 e. The minimum Gasteiger partial charge on any atom is -0.497 e. The van der Waals surface area contributed by atoms with Gasteiger partial charge in [-0.1, -0.05) is 54.6 Å². The number of hydrogen-bond donors (Lipinski definition) is 1. The average Bonchev–Trinajstić information content (AvgIpc) is 2.85. The van der Waals surface area contributed by atoms with Crippen LogP contribution >= 0.6 is 0 Å². The van der Waals surface area contributed by atoms with Crippen molar-refractivity contribution in [2.75, 3.05) is 20.8 Å². The molecule has 1 N–H and O–H groups in total. The molecule has 0 aliphatic heterocycles. The third-order valence-corrected chi connectivity index (χ3v) is 5.36. The number of likely N-dealkylation sites (N-methyl/N-ethyl adjacent to an activating group) is 1. The van der Waals surface area contributed by atoms with E-state index in [1.807, 2.05) is 85.8 Å². The Kier molecular flexibility index (Phi) is 8.47. The van der Waals surface area contributed by atoms with E-state index >= 15 is 0 Å². The molecule has 0 heterocycles. The van der Waals surface area contributed by atoms with Gasteiger partial charge in [-0.25, -0.2) is 0 Å². The highest BCUT2D eigenvalue weighted by atomic mass is 16.5. The van der Waals surface area contributed by atoms with Crippen molar-refractivity contribution in [2.45, 2.75) is 25.9 Å². The van der Waals surface area contributed by atoms with Crippen LogP contribution in [-0.4, -0.2) is 43.5 Å². The van der Waals surface area contributed by atoms with Crippen LogP contribution in [0.4, 0.5) is 0 Å². The van der Waals surface area contributed by atoms with Gasteiger partial charge in [0, 0.05) is 20.0 Å². The maximum absolute atomic E-state index is 13.4. The van der Waals surface area contributed by atoms with Crippen molar-refractivity contribution in [1.82, 2.24) is 10.2 Å². The zero-order valence-electron chi connectivity index (χ0n) is 19.3. The molecule has 1 atom stereocenters. The molecule has 0 bridgehead atoms. The van der Waals surface area contributed by atoms with Gasteiger partial charge in [0.25, 0.3) is 5.91 Å². The molecule has 172 valence electrons. The van der Waals surface area contributed by atoms with E-state index in [4.69, 9.17) is 9.47 Å². The zero-order valence-corrected chi connectivity index (χ0v) is 19.3. The van der Waals surface area contributed by atoms with Crippen LogP contribution in [0.15, 0.2) is 78.9 Å². The SMILES string of the molecule is CNC(=O)[C@@H](Cc1ccccc1)N(Cc1cccc(OC)c1)C(=O)COc1cccc(C)c1. The summed E-state index contributed by atoms with van der Waals surface area (Å²) in [6.45, 7) is 2.04. The van der Waals surface area contributed by atoms with Crippen molar-refractivity contribution in [3.05, 3.63) is 95.6 Å². The summed E-state index contributed by atoms with van der Waals surface area (Å²) in [7, 11) is 3.18. The highest BCUT2D eigenvalue weighted by Crippen LogP contribution is 2.19. The summed E-state index contributed by atoms with van der Waals surface area (Å²) in [5, 5.41) is 2.71. The summed E-state index contributed by atoms with van der Waals surface area (Å²) < 4.78 is 11.1. The largest absolute Gasteiger partial charge is 0.497 e. The van der Waals surface area contributed by atoms with Crippen LogP contribution in [0.25, 0.3) is 0 Å². The Balaban J connectivity index is 1.88. The third-order valence-electron chi connectivity index (χ3n) is 5.36. The van der Waals surface area contributed by atoms with Crippen molar-refractivity contribution in [3.63, 3.8) is 0 Å². The van der Waals surface area contributed by atoms with Gasteiger partial charge in [-0.3, -0.25) is 9.59 Å². The van der Waals surface area contributed by atoms with E-state index in [0.29, 0.717) is 17.9 Å². The molecule has 6 heteroatoms. The van der Waals surface area contributed by atoms with E-state index < -0.39 is 6.04 Å². The van der Waals surface area contributed by atoms with Gasteiger partial charge >= 0.3 is 0 Å². The molecule has 0 aromatic heterocycles. The lowest BCUT2D eigenvalue weighted by molar-refractivity contribution is -0.142. The van der Waals surface area contributed by atoms with Crippen LogP contribution in [0.1, 0.15) is 16.7 Å². The smallest absolute Gasteiger partial charge is 0.261 e. The molecule has 3 aromatic carbocycles. The number of ether oxygens (including phenoxy) is 2. The third kappa shape index (κ3) is 6.84. The lowest BCUT2D eigenvalue weighted by Gasteiger charge is -2.31. The first kappa shape index (κ1) is 23.9. The van der Waals surface area contributed by atoms with Crippen molar-refractivity contribution < 1.29 is 19.1 Å². The Hall–Kier alpha value is -3.80. The van der Waals surface area contributed by atoms with Gasteiger partial charge in [0.1, 0.15) is 17.5 Å². The summed E-state index contributed by atoms with van der Waals surface area (Å²) in [6.07, 6.45) is 0.390. The highest BCUT2D eigenvalue weighted by Gasteiger charge is 2.30. The summed E-state index contributed by atoms with van der Waals surface area (Å²) in [4.78, 5) is 27.9. The fraction of sp³-hybridized carbons (Fsp3) is 0.259. The highest BCUT2D eigenvalue weighted by molar-refractivity contribution is 5.88. The number of rotatable bonds is 10. The van der Waals surface area contributed by atoms with Crippen LogP contribution in [0, 0.1) is 6.92 Å². The van der Waals surface area contributed by atoms with Crippen LogP contribution in [0.2, 0.25) is 0 Å². The van der Waals surface area contributed by atoms with Gasteiger partial charge < -0.3 is 19.7 Å². The molecule has 6 nitrogen and oxygen atoms in total. The van der Waals surface area contributed by atoms with Gasteiger partial charge in [-0.2, -0.15) is 0 Å². The summed E-state index contributed by atoms with van der Waals surface area (Å²) >= 11 is 0. The first-order valence-electron chi connectivity index (χ1n) is 10.9. The maximum atomic E-state index is 13.4. The molecule has 0 aliphatic carbocycles. The fourth-order valence-corrected chi connectivity index (χ4v) is 3.62. The standard InChI is InChI=1S/C27H30N2O4/c1-20-9-7-14-24(15-20)33-19-26(30)29(18-22-12-8-13-23(16-22)32-3)25(27(31)28-2)17-21-10-5-4-6-11-21/h4-16,25H,17-19H2,1-3H3,(H,28,31)/t25-/m1/s1. The monoisotopic (exact) mass is 446 g/mol. The van der Waals surface area contributed by atoms with Gasteiger partial charge in [0.15, 0.2) is 6.61 Å². The second kappa shape index (κ2) is 11.7. The first-order chi connectivity index (χ1) is 16.0. The minimum absolute atomic E-state index is 0.171. The van der Waals surface area contributed by atoms with Crippen molar-refractivity contribution in [2.24, 2.45) is 0 Å². The Morgan fingerprint density at radius 1 is 0.909 bits per heavy atom. The first-order valence-corrected chi connectivity index (χ1v) is 10.9. The number of nitrogens with one attached hydrogen (secondary N) is 1. The molecule has 3 aromatic rings. The number of nitrogens with zero attached hydrogens (tertiary/aromatic N) is 1. The molecule has 0 saturated heterocycles. The molecule has 0 saturated carbocycles. The van der Waals surface area contributed by atoms with Crippen molar-refractivity contribution in [3.8, 4) is 11.5 Å². The Morgan fingerprint density at radius 3 is 2.30 bits per heavy atom. The van der Waals surface area contributed by atoms with Gasteiger partial charge in [0.2, 0.25) is 5.91 Å². The summed E-state index contributed by atoms with van der Waals surface area (Å²) in [6, 6.07) is 24.0. The Labute approximate surface area is 195 Å². The second-order valence-electron chi connectivity index (χ2n) is 7.80. The summed E-state index contributed by atoms with van der Waals surface area (Å²) in [5.74, 6) is 0.800. The average molecular weight is 447 g/mol. The molecule has 2 amide bonds. The van der Waals surface area contributed by atoms with E-state index in [0.717, 1.165) is 16.7 Å². The Bertz CT molecular complexity index is 1070. The normalized spacial score (nSPS) is 11.4. The molecular weight excluding hydrogens is 416 g/mol. The van der Waals surface area contributed by atoms with Crippen LogP contribution in [0.3, 0.4) is 0 Å². The van der Waals surface area contributed by atoms with Crippen molar-refractivity contribution >= 4 is 11.8 Å². The molecular formula is C27H30N2O4. The number of benzene rings is 3. The minimum atomic E-state index is -0.697. The zero-order chi connectivity index (χ0) is 23.6. The predicted octanol–water partition coefficient (Wildman–Crippen LogP) is 3.77. The number of aryl methyl sites for hydroxylation is 1. The van der Waals surface area contributed by atoms with Gasteiger partial charge in [0.05, 0.1) is 7.11 Å². The topological polar surface area (TPSA) is 67.9 Å². The fourth-order valence-electron chi connectivity index (χ4n) is 3.62. The van der Waals surface area contributed by atoms with Crippen LogP contribution in [-0.2, 0) is 22.6 Å². The number of amides is 2. The predicted molar refractivity (Wildman–Crippen MR) is 128 cm³/mol. The molecule has 0 spiro atoms. The number of hydrogen-bond acceptors (Lipinski definition) is 4. The molecule has 3 rings (SSSR count). The lowest BCUT2D eigenvalue weighted by atomic mass is 10.0. The van der Waals surface area contributed by atoms with E-state index in [1.54, 1.807) is 19.1 Å². The molecule has 0 radical (unpaired) electrons. The van der Waals surface area contributed by atoms with Crippen LogP contribution in [0.5, 0.6) is 11.5 Å². The molecule has 0 unspecified atom stereocenters. The quantitative estimate of drug-likeness (QED) is 0.515. The van der Waals surface area contributed by atoms with Gasteiger partial charge in [-0.15, -0.1) is 0 Å². The van der Waals surface area contributed by atoms with E-state index in [9.17, 15) is 9.59 Å². The number of carbonyl (C=O) groups excluding carboxylic acids is 2. The molecule has 0 aliphatic rings. The van der Waals surface area contributed by atoms with Gasteiger partial charge in [-0.05, 0) is 47.9 Å². The number of methoxy groups -OCH3 is 1. The Morgan fingerprint density at radius 2 is 1.61 bits per heavy atom. The second-order valence-corrected chi connectivity index (χ2v) is 7.80. The summed E-state index contributed by atoms with van der Waals surface area (Å²) in [5.41, 5.74) is 2.87. The molecule has 33 heavy (non-hydrogen) atoms. The van der Waals surface area contributed by atoms with Crippen molar-refractivity contribution in [1.29, 1.82) is 0 Å². The lowest BCUT2D eigenvalue weighted by Crippen LogP contribution is -2.51. The van der Waals surface area contributed by atoms with E-state index in [2.05, 4.69) is 5.32 Å². The number of carbonyl (C=O) groups is 2.